The first-order chi connectivity index (χ1) is 55.7. The second-order valence-electron chi connectivity index (χ2n) is 36.9. The third-order valence-electron chi connectivity index (χ3n) is 24.7. The number of halogens is 1. The monoisotopic (exact) mass is 1670 g/mol. The van der Waals surface area contributed by atoms with Crippen molar-refractivity contribution in [2.24, 2.45) is 0 Å². The molecule has 12 rings (SSSR count). The molecule has 0 spiro atoms. The molecule has 0 aromatic heterocycles. The van der Waals surface area contributed by atoms with E-state index in [-0.39, 0.29) is 74.5 Å². The SMILES string of the molecule is CCOC(=O)c1ccc(/C=C/c2cc3c(cc2C)C(C)(C)C(=O)CC3(C)C)cc1.CCOC(=O)c1ccc(/C=C/c2cc3c(cc2C)C(C)(C)C(O)CC3(C)C)cc1.CCOC(=O)c1ccc(/C=C/c2cc3c(cc2C)C(C)(C)C(OC(C)=O)CC3(C)C)cc1.COC(=O)c1ccc(/C=C/c2cc3c(cc2CBr)C(C)(C)C(=O)CC3(C)C)cc1. The zero-order valence-corrected chi connectivity index (χ0v) is 76.1. The number of aliphatic hydroxyl groups excluding tert-OH is 1. The smallest absolute Gasteiger partial charge is 0.338 e. The fraction of sp³-hybridized carbons (Fsp3) is 0.400. The van der Waals surface area contributed by atoms with Crippen LogP contribution in [0.25, 0.3) is 48.6 Å². The third-order valence-corrected chi connectivity index (χ3v) is 25.3. The van der Waals surface area contributed by atoms with E-state index in [2.05, 4.69) is 211 Å². The van der Waals surface area contributed by atoms with E-state index in [1.54, 1.807) is 69.3 Å². The van der Waals surface area contributed by atoms with Gasteiger partial charge >= 0.3 is 29.8 Å². The van der Waals surface area contributed by atoms with E-state index in [1.165, 1.54) is 64.1 Å². The molecular weight excluding hydrogens is 1550 g/mol. The lowest BCUT2D eigenvalue weighted by Crippen LogP contribution is -2.47. The van der Waals surface area contributed by atoms with Crippen LogP contribution >= 0.6 is 15.9 Å². The van der Waals surface area contributed by atoms with Crippen LogP contribution in [0.1, 0.15) is 317 Å². The lowest BCUT2D eigenvalue weighted by atomic mass is 9.61. The minimum atomic E-state index is -0.465. The summed E-state index contributed by atoms with van der Waals surface area (Å²) in [5.41, 5.74) is 23.5. The Bertz CT molecular complexity index is 5240. The molecule has 8 aromatic carbocycles. The van der Waals surface area contributed by atoms with Crippen LogP contribution in [-0.2, 0) is 86.7 Å². The van der Waals surface area contributed by atoms with Gasteiger partial charge in [0.25, 0.3) is 0 Å². The van der Waals surface area contributed by atoms with Crippen molar-refractivity contribution in [3.63, 3.8) is 0 Å². The predicted octanol–water partition coefficient (Wildman–Crippen LogP) is 23.8. The molecule has 2 atom stereocenters. The van der Waals surface area contributed by atoms with Gasteiger partial charge < -0.3 is 28.8 Å². The molecule has 628 valence electrons. The van der Waals surface area contributed by atoms with Crippen molar-refractivity contribution >= 4 is 106 Å². The van der Waals surface area contributed by atoms with Crippen molar-refractivity contribution in [2.75, 3.05) is 26.9 Å². The Morgan fingerprint density at radius 2 is 0.681 bits per heavy atom. The second kappa shape index (κ2) is 37.2. The van der Waals surface area contributed by atoms with Gasteiger partial charge in [-0.05, 0) is 264 Å². The Hall–Kier alpha value is -10.2. The molecule has 119 heavy (non-hydrogen) atoms. The summed E-state index contributed by atoms with van der Waals surface area (Å²) < 4.78 is 25.6. The molecule has 0 radical (unpaired) electrons. The van der Waals surface area contributed by atoms with E-state index < -0.39 is 10.8 Å². The van der Waals surface area contributed by atoms with Gasteiger partial charge in [-0.3, -0.25) is 14.4 Å². The molecule has 0 heterocycles. The van der Waals surface area contributed by atoms with E-state index in [4.69, 9.17) is 23.7 Å². The van der Waals surface area contributed by atoms with Gasteiger partial charge in [0.15, 0.2) is 0 Å². The van der Waals surface area contributed by atoms with Gasteiger partial charge in [-0.1, -0.05) is 245 Å². The number of aryl methyl sites for hydroxylation is 3. The summed E-state index contributed by atoms with van der Waals surface area (Å²) in [5, 5.41) is 11.4. The standard InChI is InChI=1S/C28H34O4.C26H32O3.C26H30O3.C25H27BrO3/c1-8-31-26(30)21-12-9-20(10-13-21)11-14-22-16-23-24(15-18(22)2)28(6,7)25(32-19(3)29)17-27(23,4)5;2*1-7-29-24(28)19-11-8-18(9-12-19)10-13-20-15-21-22(14-17(20)2)26(5,6)23(27)16-25(21,3)4;1-24(2)14-22(27)25(3,4)21-13-19(15-26)18(12-20(21)24)11-8-16-6-9-17(10-7-16)23(28)29-5/h9-16,25H,8,17H2,1-7H3;8-15,23,27H,7,16H2,1-6H3;8-15H,7,16H2,1-6H3;6-13H,14-15H2,1-5H3/b14-11+;2*13-10+;11-8+. The summed E-state index contributed by atoms with van der Waals surface area (Å²) in [5.74, 6) is -0.855. The third kappa shape index (κ3) is 21.2. The number of rotatable bonds is 17. The molecule has 0 bridgehead atoms. The minimum absolute atomic E-state index is 0.0676. The number of alkyl halides is 1. The van der Waals surface area contributed by atoms with Crippen molar-refractivity contribution in [3.05, 3.63) is 279 Å². The Kier molecular flexibility index (Phi) is 29.0. The van der Waals surface area contributed by atoms with E-state index in [1.807, 2.05) is 82.3 Å². The molecule has 0 fully saturated rings. The number of aliphatic hydroxyl groups is 1. The fourth-order valence-electron chi connectivity index (χ4n) is 16.6. The van der Waals surface area contributed by atoms with E-state index in [9.17, 15) is 38.7 Å². The van der Waals surface area contributed by atoms with Gasteiger partial charge in [-0.25, -0.2) is 19.2 Å². The quantitative estimate of drug-likeness (QED) is 0.0393. The summed E-state index contributed by atoms with van der Waals surface area (Å²) in [7, 11) is 1.38. The molecule has 0 amide bonds. The Morgan fingerprint density at radius 1 is 0.387 bits per heavy atom. The summed E-state index contributed by atoms with van der Waals surface area (Å²) in [6, 6.07) is 47.5. The van der Waals surface area contributed by atoms with Gasteiger partial charge in [-0.15, -0.1) is 0 Å². The number of carbonyl (C=O) groups is 7. The van der Waals surface area contributed by atoms with Gasteiger partial charge in [0.2, 0.25) is 0 Å². The number of Topliss-reactive ketones (excluding diaryl/α,β-unsaturated/α-hetero) is 2. The average Bonchev–Trinajstić information content (AvgIpc) is 0.748. The number of hydrogen-bond donors (Lipinski definition) is 1. The van der Waals surface area contributed by atoms with Crippen LogP contribution in [0.2, 0.25) is 0 Å². The maximum Gasteiger partial charge on any atom is 0.338 e. The number of methoxy groups -OCH3 is 1. The summed E-state index contributed by atoms with van der Waals surface area (Å²) >= 11 is 3.61. The van der Waals surface area contributed by atoms with Crippen molar-refractivity contribution < 1.29 is 62.4 Å². The van der Waals surface area contributed by atoms with Crippen LogP contribution in [0.5, 0.6) is 0 Å². The molecule has 4 aliphatic rings. The summed E-state index contributed by atoms with van der Waals surface area (Å²) in [6.45, 7) is 48.5. The van der Waals surface area contributed by atoms with Crippen LogP contribution in [0, 0.1) is 20.8 Å². The second-order valence-corrected chi connectivity index (χ2v) is 37.5. The van der Waals surface area contributed by atoms with Crippen LogP contribution in [0.15, 0.2) is 146 Å². The molecule has 0 saturated carbocycles. The molecule has 0 saturated heterocycles. The number of hydrogen-bond acceptors (Lipinski definition) is 13. The first kappa shape index (κ1) is 92.7. The molecule has 8 aromatic rings. The molecule has 0 aliphatic heterocycles. The maximum absolute atomic E-state index is 12.7. The number of fused-ring (bicyclic) bond motifs is 4. The van der Waals surface area contributed by atoms with E-state index >= 15 is 0 Å². The van der Waals surface area contributed by atoms with Crippen LogP contribution < -0.4 is 0 Å². The van der Waals surface area contributed by atoms with Crippen molar-refractivity contribution in [1.82, 2.24) is 0 Å². The number of ether oxygens (including phenoxy) is 5. The molecule has 14 heteroatoms. The van der Waals surface area contributed by atoms with Crippen LogP contribution in [0.4, 0.5) is 0 Å². The number of carbonyl (C=O) groups excluding carboxylic acids is 7. The highest BCUT2D eigenvalue weighted by molar-refractivity contribution is 9.08. The van der Waals surface area contributed by atoms with Crippen molar-refractivity contribution in [2.45, 2.75) is 246 Å². The summed E-state index contributed by atoms with van der Waals surface area (Å²) in [6.07, 6.45) is 18.8. The van der Waals surface area contributed by atoms with Gasteiger partial charge in [0.05, 0.1) is 55.3 Å². The van der Waals surface area contributed by atoms with E-state index in [0.29, 0.717) is 71.8 Å². The Labute approximate surface area is 715 Å². The number of ketones is 2. The summed E-state index contributed by atoms with van der Waals surface area (Å²) in [4.78, 5) is 84.1. The lowest BCUT2D eigenvalue weighted by molar-refractivity contribution is -0.151. The molecule has 4 aliphatic carbocycles. The van der Waals surface area contributed by atoms with Crippen molar-refractivity contribution in [3.8, 4) is 0 Å². The molecule has 13 nitrogen and oxygen atoms in total. The number of benzene rings is 8. The number of esters is 5. The predicted molar refractivity (Wildman–Crippen MR) is 488 cm³/mol. The first-order valence-corrected chi connectivity index (χ1v) is 42.6. The Balaban J connectivity index is 0.000000181. The molecule has 1 N–H and O–H groups in total. The fourth-order valence-corrected chi connectivity index (χ4v) is 17.1. The van der Waals surface area contributed by atoms with Crippen molar-refractivity contribution in [1.29, 1.82) is 0 Å². The van der Waals surface area contributed by atoms with Gasteiger partial charge in [0, 0.05) is 46.8 Å². The largest absolute Gasteiger partial charge is 0.465 e. The highest BCUT2D eigenvalue weighted by Gasteiger charge is 2.48. The average molecular weight is 1670 g/mol. The van der Waals surface area contributed by atoms with Gasteiger partial charge in [0.1, 0.15) is 17.7 Å². The maximum atomic E-state index is 12.7. The minimum Gasteiger partial charge on any atom is -0.465 e. The first-order valence-electron chi connectivity index (χ1n) is 41.5. The lowest BCUT2D eigenvalue weighted by Gasteiger charge is -2.47. The van der Waals surface area contributed by atoms with Crippen LogP contribution in [0.3, 0.4) is 0 Å². The Morgan fingerprint density at radius 3 is 1.01 bits per heavy atom. The van der Waals surface area contributed by atoms with E-state index in [0.717, 1.165) is 74.0 Å². The van der Waals surface area contributed by atoms with Crippen LogP contribution in [-0.4, -0.2) is 85.7 Å². The highest BCUT2D eigenvalue weighted by Crippen LogP contribution is 2.51. The topological polar surface area (TPSA) is 186 Å². The van der Waals surface area contributed by atoms with Gasteiger partial charge in [-0.2, -0.15) is 0 Å². The zero-order chi connectivity index (χ0) is 87.9. The molecule has 2 unspecified atom stereocenters. The molecular formula is C105H123BrO13. The zero-order valence-electron chi connectivity index (χ0n) is 74.5. The highest BCUT2D eigenvalue weighted by atomic mass is 79.9. The normalized spacial score (nSPS) is 18.3.